The SMILES string of the molecule is O=C(COc1c(Cl)cc(Cl)cc1Br)Nc1ccc(C(=O)N2CCOCC2)cc1. The van der Waals surface area contributed by atoms with Gasteiger partial charge < -0.3 is 19.7 Å². The highest BCUT2D eigenvalue weighted by molar-refractivity contribution is 9.10. The van der Waals surface area contributed by atoms with Gasteiger partial charge >= 0.3 is 0 Å². The van der Waals surface area contributed by atoms with Crippen molar-refractivity contribution in [1.29, 1.82) is 0 Å². The molecule has 0 saturated carbocycles. The Balaban J connectivity index is 1.55. The largest absolute Gasteiger partial charge is 0.481 e. The highest BCUT2D eigenvalue weighted by atomic mass is 79.9. The molecule has 2 amide bonds. The Labute approximate surface area is 180 Å². The van der Waals surface area contributed by atoms with Crippen LogP contribution in [0.15, 0.2) is 40.9 Å². The van der Waals surface area contributed by atoms with Gasteiger partial charge in [0.2, 0.25) is 0 Å². The molecule has 1 fully saturated rings. The zero-order chi connectivity index (χ0) is 20.1. The monoisotopic (exact) mass is 486 g/mol. The first kappa shape index (κ1) is 20.9. The molecular weight excluding hydrogens is 471 g/mol. The molecule has 0 bridgehead atoms. The van der Waals surface area contributed by atoms with Gasteiger partial charge in [-0.3, -0.25) is 9.59 Å². The Hall–Kier alpha value is -1.80. The number of morpholine rings is 1. The maximum absolute atomic E-state index is 12.4. The lowest BCUT2D eigenvalue weighted by molar-refractivity contribution is -0.118. The summed E-state index contributed by atoms with van der Waals surface area (Å²) in [6.07, 6.45) is 0. The lowest BCUT2D eigenvalue weighted by Gasteiger charge is -2.26. The fourth-order valence-electron chi connectivity index (χ4n) is 2.65. The predicted octanol–water partition coefficient (Wildman–Crippen LogP) is 4.25. The highest BCUT2D eigenvalue weighted by Gasteiger charge is 2.18. The fourth-order valence-corrected chi connectivity index (χ4v) is 4.02. The van der Waals surface area contributed by atoms with Gasteiger partial charge in [-0.25, -0.2) is 0 Å². The summed E-state index contributed by atoms with van der Waals surface area (Å²) in [5, 5.41) is 3.48. The van der Waals surface area contributed by atoms with Crippen molar-refractivity contribution in [2.75, 3.05) is 38.2 Å². The summed E-state index contributed by atoms with van der Waals surface area (Å²) in [5.74, 6) is -0.0652. The second-order valence-corrected chi connectivity index (χ2v) is 7.72. The molecule has 0 aliphatic carbocycles. The van der Waals surface area contributed by atoms with Crippen molar-refractivity contribution in [2.45, 2.75) is 0 Å². The van der Waals surface area contributed by atoms with Crippen LogP contribution >= 0.6 is 39.1 Å². The van der Waals surface area contributed by atoms with Gasteiger partial charge in [0.1, 0.15) is 0 Å². The van der Waals surface area contributed by atoms with E-state index in [-0.39, 0.29) is 18.4 Å². The number of amides is 2. The molecule has 9 heteroatoms. The van der Waals surface area contributed by atoms with Crippen molar-refractivity contribution in [3.05, 3.63) is 56.5 Å². The van der Waals surface area contributed by atoms with E-state index in [1.54, 1.807) is 35.2 Å². The number of hydrogen-bond donors (Lipinski definition) is 1. The van der Waals surface area contributed by atoms with Crippen LogP contribution in [0.3, 0.4) is 0 Å². The van der Waals surface area contributed by atoms with Crippen molar-refractivity contribution in [3.8, 4) is 5.75 Å². The number of rotatable bonds is 5. The molecule has 1 N–H and O–H groups in total. The minimum Gasteiger partial charge on any atom is -0.481 e. The highest BCUT2D eigenvalue weighted by Crippen LogP contribution is 2.36. The summed E-state index contributed by atoms with van der Waals surface area (Å²) in [6.45, 7) is 2.03. The van der Waals surface area contributed by atoms with Crippen LogP contribution in [0.1, 0.15) is 10.4 Å². The van der Waals surface area contributed by atoms with E-state index >= 15 is 0 Å². The summed E-state index contributed by atoms with van der Waals surface area (Å²) in [7, 11) is 0. The molecule has 6 nitrogen and oxygen atoms in total. The van der Waals surface area contributed by atoms with Crippen LogP contribution in [-0.4, -0.2) is 49.6 Å². The molecular formula is C19H17BrCl2N2O4. The normalized spacial score (nSPS) is 13.9. The van der Waals surface area contributed by atoms with E-state index in [0.29, 0.717) is 57.8 Å². The van der Waals surface area contributed by atoms with Gasteiger partial charge in [0.15, 0.2) is 12.4 Å². The molecule has 148 valence electrons. The molecule has 1 saturated heterocycles. The maximum atomic E-state index is 12.4. The molecule has 1 heterocycles. The summed E-state index contributed by atoms with van der Waals surface area (Å²) >= 11 is 15.3. The summed E-state index contributed by atoms with van der Waals surface area (Å²) in [6, 6.07) is 9.88. The molecule has 2 aromatic rings. The van der Waals surface area contributed by atoms with Gasteiger partial charge in [-0.15, -0.1) is 0 Å². The van der Waals surface area contributed by atoms with Crippen LogP contribution in [0.5, 0.6) is 5.75 Å². The Morgan fingerprint density at radius 2 is 1.82 bits per heavy atom. The van der Waals surface area contributed by atoms with E-state index in [9.17, 15) is 9.59 Å². The topological polar surface area (TPSA) is 67.9 Å². The van der Waals surface area contributed by atoms with Gasteiger partial charge in [0, 0.05) is 29.4 Å². The van der Waals surface area contributed by atoms with E-state index in [0.717, 1.165) is 0 Å². The number of halogens is 3. The predicted molar refractivity (Wildman–Crippen MR) is 111 cm³/mol. The molecule has 0 unspecified atom stereocenters. The zero-order valence-corrected chi connectivity index (χ0v) is 17.8. The second-order valence-electron chi connectivity index (χ2n) is 6.02. The number of nitrogens with zero attached hydrogens (tertiary/aromatic N) is 1. The molecule has 28 heavy (non-hydrogen) atoms. The second kappa shape index (κ2) is 9.60. The third-order valence-electron chi connectivity index (χ3n) is 4.02. The Bertz CT molecular complexity index is 848. The van der Waals surface area contributed by atoms with Crippen molar-refractivity contribution in [1.82, 2.24) is 4.90 Å². The van der Waals surface area contributed by atoms with Crippen LogP contribution in [0.2, 0.25) is 10.0 Å². The minimum absolute atomic E-state index is 0.0493. The molecule has 0 spiro atoms. The lowest BCUT2D eigenvalue weighted by atomic mass is 10.1. The third kappa shape index (κ3) is 5.38. The molecule has 0 radical (unpaired) electrons. The summed E-state index contributed by atoms with van der Waals surface area (Å²) < 4.78 is 11.3. The van der Waals surface area contributed by atoms with E-state index in [1.165, 1.54) is 6.07 Å². The van der Waals surface area contributed by atoms with Crippen molar-refractivity contribution < 1.29 is 19.1 Å². The van der Waals surface area contributed by atoms with Gasteiger partial charge in [0.25, 0.3) is 11.8 Å². The zero-order valence-electron chi connectivity index (χ0n) is 14.7. The number of carbonyl (C=O) groups excluding carboxylic acids is 2. The average molecular weight is 488 g/mol. The van der Waals surface area contributed by atoms with E-state index < -0.39 is 0 Å². The first-order valence-electron chi connectivity index (χ1n) is 8.48. The van der Waals surface area contributed by atoms with Crippen LogP contribution in [-0.2, 0) is 9.53 Å². The number of ether oxygens (including phenoxy) is 2. The first-order valence-corrected chi connectivity index (χ1v) is 10.0. The molecule has 1 aliphatic rings. The van der Waals surface area contributed by atoms with Crippen LogP contribution in [0, 0.1) is 0 Å². The number of hydrogen-bond acceptors (Lipinski definition) is 4. The molecule has 2 aromatic carbocycles. The molecule has 0 atom stereocenters. The first-order chi connectivity index (χ1) is 13.4. The minimum atomic E-state index is -0.356. The van der Waals surface area contributed by atoms with Gasteiger partial charge in [0.05, 0.1) is 22.7 Å². The lowest BCUT2D eigenvalue weighted by Crippen LogP contribution is -2.40. The Morgan fingerprint density at radius 3 is 2.46 bits per heavy atom. The van der Waals surface area contributed by atoms with Crippen LogP contribution in [0.4, 0.5) is 5.69 Å². The van der Waals surface area contributed by atoms with Crippen molar-refractivity contribution >= 4 is 56.6 Å². The smallest absolute Gasteiger partial charge is 0.262 e. The molecule has 3 rings (SSSR count). The van der Waals surface area contributed by atoms with Gasteiger partial charge in [-0.1, -0.05) is 23.2 Å². The number of nitrogens with one attached hydrogen (secondary N) is 1. The summed E-state index contributed by atoms with van der Waals surface area (Å²) in [5.41, 5.74) is 1.13. The average Bonchev–Trinajstić information content (AvgIpc) is 2.68. The van der Waals surface area contributed by atoms with E-state index in [2.05, 4.69) is 21.2 Å². The fraction of sp³-hybridized carbons (Fsp3) is 0.263. The van der Waals surface area contributed by atoms with Crippen LogP contribution in [0.25, 0.3) is 0 Å². The molecule has 0 aromatic heterocycles. The van der Waals surface area contributed by atoms with Gasteiger partial charge in [-0.2, -0.15) is 0 Å². The van der Waals surface area contributed by atoms with E-state index in [1.807, 2.05) is 0 Å². The third-order valence-corrected chi connectivity index (χ3v) is 5.11. The van der Waals surface area contributed by atoms with Crippen molar-refractivity contribution in [2.24, 2.45) is 0 Å². The number of anilines is 1. The number of carbonyl (C=O) groups is 2. The quantitative estimate of drug-likeness (QED) is 0.684. The van der Waals surface area contributed by atoms with Crippen LogP contribution < -0.4 is 10.1 Å². The van der Waals surface area contributed by atoms with Crippen molar-refractivity contribution in [3.63, 3.8) is 0 Å². The molecule has 1 aliphatic heterocycles. The Kier molecular flexibility index (Phi) is 7.18. The van der Waals surface area contributed by atoms with Gasteiger partial charge in [-0.05, 0) is 52.3 Å². The number of benzene rings is 2. The Morgan fingerprint density at radius 1 is 1.14 bits per heavy atom. The maximum Gasteiger partial charge on any atom is 0.262 e. The summed E-state index contributed by atoms with van der Waals surface area (Å²) in [4.78, 5) is 26.3. The van der Waals surface area contributed by atoms with E-state index in [4.69, 9.17) is 32.7 Å². The standard InChI is InChI=1S/C19H17BrCl2N2O4/c20-15-9-13(21)10-16(22)18(15)28-11-17(25)23-14-3-1-12(2-4-14)19(26)24-5-7-27-8-6-24/h1-4,9-10H,5-8,11H2,(H,23,25).